The fraction of sp³-hybridized carbons (Fsp3) is 0.362. The number of carbonyl (C=O) groups excluding carboxylic acids is 6. The quantitative estimate of drug-likeness (QED) is 0.0337. The first-order valence-corrected chi connectivity index (χ1v) is 22.4. The van der Waals surface area contributed by atoms with Crippen molar-refractivity contribution in [2.45, 2.75) is 96.9 Å². The molecule has 14 nitrogen and oxygen atoms in total. The zero-order valence-corrected chi connectivity index (χ0v) is 37.9. The van der Waals surface area contributed by atoms with Crippen LogP contribution in [0.1, 0.15) is 153 Å². The Bertz CT molecular complexity index is 2450. The molecule has 0 saturated carbocycles. The molecule has 0 atom stereocenters. The number of Topliss-reactive ketones (excluding diaryl/α,β-unsaturated/α-hetero) is 1. The van der Waals surface area contributed by atoms with E-state index >= 15 is 0 Å². The molecule has 1 heterocycles. The van der Waals surface area contributed by atoms with E-state index < -0.39 is 55.0 Å². The van der Waals surface area contributed by atoms with Gasteiger partial charge in [0.25, 0.3) is 29.5 Å². The van der Waals surface area contributed by atoms with Crippen LogP contribution < -0.4 is 21.3 Å². The second-order valence-electron chi connectivity index (χ2n) is 17.9. The maximum absolute atomic E-state index is 14.2. The Balaban J connectivity index is 1.43. The Morgan fingerprint density at radius 2 is 1.11 bits per heavy atom. The van der Waals surface area contributed by atoms with Crippen molar-refractivity contribution in [3.8, 4) is 0 Å². The molecule has 62 heavy (non-hydrogen) atoms. The van der Waals surface area contributed by atoms with Crippen molar-refractivity contribution < 1.29 is 43.2 Å². The average Bonchev–Trinajstić information content (AvgIpc) is 3.47. The molecule has 0 unspecified atom stereocenters. The van der Waals surface area contributed by atoms with Gasteiger partial charge >= 0.3 is 8.80 Å². The first kappa shape index (κ1) is 47.2. The van der Waals surface area contributed by atoms with Gasteiger partial charge in [-0.25, -0.2) is 0 Å². The number of amides is 5. The molecule has 4 aromatic rings. The molecule has 0 spiro atoms. The van der Waals surface area contributed by atoms with Crippen LogP contribution in [-0.2, 0) is 22.2 Å². The number of hydrogen-bond donors (Lipinski definition) is 7. The second-order valence-corrected chi connectivity index (χ2v) is 20.0. The van der Waals surface area contributed by atoms with Gasteiger partial charge in [-0.15, -0.1) is 0 Å². The van der Waals surface area contributed by atoms with Crippen LogP contribution in [-0.4, -0.2) is 77.0 Å². The lowest BCUT2D eigenvalue weighted by Gasteiger charge is -2.36. The van der Waals surface area contributed by atoms with Gasteiger partial charge in [0.2, 0.25) is 0 Å². The molecule has 0 radical (unpaired) electrons. The Morgan fingerprint density at radius 1 is 0.597 bits per heavy atom. The molecule has 0 aromatic heterocycles. The van der Waals surface area contributed by atoms with Crippen LogP contribution in [0, 0.1) is 0 Å². The summed E-state index contributed by atoms with van der Waals surface area (Å²) in [5.41, 5.74) is 0.229. The smallest absolute Gasteiger partial charge is 0.390 e. The van der Waals surface area contributed by atoms with E-state index in [1.807, 2.05) is 65.1 Å². The molecule has 0 fully saturated rings. The van der Waals surface area contributed by atoms with Crippen molar-refractivity contribution in [1.29, 1.82) is 0 Å². The van der Waals surface area contributed by atoms with Gasteiger partial charge in [0.05, 0.1) is 38.9 Å². The van der Waals surface area contributed by atoms with Gasteiger partial charge in [-0.2, -0.15) is 0 Å². The minimum atomic E-state index is -4.32. The number of ketones is 1. The van der Waals surface area contributed by atoms with Gasteiger partial charge in [0.15, 0.2) is 5.78 Å². The van der Waals surface area contributed by atoms with Gasteiger partial charge in [0.1, 0.15) is 0 Å². The molecule has 0 saturated heterocycles. The fourth-order valence-corrected chi connectivity index (χ4v) is 8.02. The van der Waals surface area contributed by atoms with Crippen LogP contribution in [0.3, 0.4) is 0 Å². The van der Waals surface area contributed by atoms with E-state index in [0.717, 1.165) is 11.1 Å². The van der Waals surface area contributed by atoms with E-state index in [4.69, 9.17) is 0 Å². The summed E-state index contributed by atoms with van der Waals surface area (Å²) in [5, 5.41) is 12.0. The first-order valence-electron chi connectivity index (χ1n) is 20.4. The van der Waals surface area contributed by atoms with Gasteiger partial charge in [-0.1, -0.05) is 54.6 Å². The van der Waals surface area contributed by atoms with Crippen LogP contribution in [0.2, 0.25) is 6.04 Å². The van der Waals surface area contributed by atoms with Crippen molar-refractivity contribution in [1.82, 2.24) is 26.2 Å². The molecule has 5 rings (SSSR count). The lowest BCUT2D eigenvalue weighted by atomic mass is 9.86. The van der Waals surface area contributed by atoms with Crippen molar-refractivity contribution in [3.63, 3.8) is 0 Å². The number of benzene rings is 4. The zero-order chi connectivity index (χ0) is 46.2. The summed E-state index contributed by atoms with van der Waals surface area (Å²) in [6.07, 6.45) is 0.0730. The molecule has 15 heteroatoms. The third-order valence-corrected chi connectivity index (χ3v) is 12.7. The number of imide groups is 1. The van der Waals surface area contributed by atoms with Crippen LogP contribution >= 0.6 is 0 Å². The van der Waals surface area contributed by atoms with Crippen LogP contribution in [0.15, 0.2) is 84.9 Å². The summed E-state index contributed by atoms with van der Waals surface area (Å²) < 4.78 is 0. The number of hydrogen-bond acceptors (Lipinski definition) is 10. The number of carbonyl (C=O) groups is 6. The molecule has 0 aliphatic carbocycles. The highest BCUT2D eigenvalue weighted by Crippen LogP contribution is 2.38. The van der Waals surface area contributed by atoms with Crippen molar-refractivity contribution in [2.75, 3.05) is 13.6 Å². The summed E-state index contributed by atoms with van der Waals surface area (Å²) in [5.74, 6) is -3.06. The van der Waals surface area contributed by atoms with E-state index in [-0.39, 0.29) is 58.1 Å². The van der Waals surface area contributed by atoms with Gasteiger partial charge in [-0.05, 0) is 128 Å². The number of nitrogens with one attached hydrogen (secondary N) is 4. The molecule has 4 aromatic carbocycles. The van der Waals surface area contributed by atoms with Crippen LogP contribution in [0.25, 0.3) is 0 Å². The Morgan fingerprint density at radius 3 is 1.68 bits per heavy atom. The zero-order valence-electron chi connectivity index (χ0n) is 36.9. The van der Waals surface area contributed by atoms with Gasteiger partial charge < -0.3 is 35.7 Å². The first-order chi connectivity index (χ1) is 28.7. The minimum Gasteiger partial charge on any atom is -0.390 e. The Kier molecular flexibility index (Phi) is 13.3. The minimum absolute atomic E-state index is 0.0179. The number of rotatable bonds is 16. The van der Waals surface area contributed by atoms with E-state index in [1.165, 1.54) is 48.2 Å². The fourth-order valence-electron chi connectivity index (χ4n) is 7.37. The van der Waals surface area contributed by atoms with Gasteiger partial charge in [0, 0.05) is 29.3 Å². The second kappa shape index (κ2) is 17.5. The van der Waals surface area contributed by atoms with Gasteiger partial charge in [-0.3, -0.25) is 33.7 Å². The van der Waals surface area contributed by atoms with Crippen LogP contribution in [0.4, 0.5) is 0 Å². The Labute approximate surface area is 363 Å². The van der Waals surface area contributed by atoms with Crippen molar-refractivity contribution in [3.05, 3.63) is 141 Å². The molecule has 1 aliphatic rings. The Hall–Kier alpha value is -5.84. The highest BCUT2D eigenvalue weighted by molar-refractivity contribution is 6.56. The van der Waals surface area contributed by atoms with Crippen molar-refractivity contribution in [2.24, 2.45) is 0 Å². The largest absolute Gasteiger partial charge is 0.492 e. The van der Waals surface area contributed by atoms with E-state index in [9.17, 15) is 43.2 Å². The highest BCUT2D eigenvalue weighted by Gasteiger charge is 2.45. The summed E-state index contributed by atoms with van der Waals surface area (Å²) in [7, 11) is -2.46. The highest BCUT2D eigenvalue weighted by atomic mass is 28.4. The SMILES string of the molecule is CNC(C)(C)c1cccc(C(C)(C)NC(=O)c2cc(C(=O)NC(C)(C)c3cccc(C(C)(C)N4C(=O)c5ccc(C(C)=O)cc5C4=O)c3)ccc2C(=O)NCCC[Si](O)(O)O)c1. The standard InChI is InChI=1S/C47H57N5O9Si/c1-28(53)29-18-21-36-38(24-29)43(58)52(42(36)57)47(8,9)34-17-12-16-33(27-34)45(4,5)50-39(54)30-19-20-35(40(55)49-22-13-23-62(59,60)61)37(25-30)41(56)51-46(6,7)32-15-11-14-31(26-32)44(2,3)48-10/h11-12,14-21,24-27,48,59-61H,13,22-23H2,1-10H3,(H,49,55)(H,50,54)(H,51,56). The third-order valence-electron chi connectivity index (χ3n) is 11.7. The summed E-state index contributed by atoms with van der Waals surface area (Å²) in [4.78, 5) is 111. The molecule has 5 amide bonds. The van der Waals surface area contributed by atoms with E-state index in [1.54, 1.807) is 45.9 Å². The third kappa shape index (κ3) is 10.1. The lowest BCUT2D eigenvalue weighted by molar-refractivity contribution is 0.0474. The van der Waals surface area contributed by atoms with Crippen LogP contribution in [0.5, 0.6) is 0 Å². The number of fused-ring (bicyclic) bond motifs is 1. The predicted molar refractivity (Wildman–Crippen MR) is 237 cm³/mol. The van der Waals surface area contributed by atoms with E-state index in [2.05, 4.69) is 21.3 Å². The predicted octanol–water partition coefficient (Wildman–Crippen LogP) is 5.24. The summed E-state index contributed by atoms with van der Waals surface area (Å²) in [6.45, 7) is 16.2. The maximum Gasteiger partial charge on any atom is 0.492 e. The molecule has 328 valence electrons. The molecular formula is C47H57N5O9Si. The molecule has 0 bridgehead atoms. The maximum atomic E-state index is 14.2. The summed E-state index contributed by atoms with van der Waals surface area (Å²) in [6, 6.07) is 23.3. The normalized spacial score (nSPS) is 13.5. The molecular weight excluding hydrogens is 807 g/mol. The van der Waals surface area contributed by atoms with E-state index in [0.29, 0.717) is 16.7 Å². The lowest BCUT2D eigenvalue weighted by Crippen LogP contribution is -2.46. The average molecular weight is 864 g/mol. The monoisotopic (exact) mass is 863 g/mol. The molecule has 7 N–H and O–H groups in total. The summed E-state index contributed by atoms with van der Waals surface area (Å²) >= 11 is 0. The number of nitrogens with zero attached hydrogens (tertiary/aromatic N) is 1. The topological polar surface area (TPSA) is 214 Å². The van der Waals surface area contributed by atoms with Crippen molar-refractivity contribution >= 4 is 44.1 Å². The molecule has 1 aliphatic heterocycles.